The van der Waals surface area contributed by atoms with Crippen molar-refractivity contribution in [1.82, 2.24) is 4.98 Å². The lowest BCUT2D eigenvalue weighted by Crippen LogP contribution is -2.17. The van der Waals surface area contributed by atoms with Crippen molar-refractivity contribution >= 4 is 11.5 Å². The van der Waals surface area contributed by atoms with Gasteiger partial charge in [0, 0.05) is 29.9 Å². The Labute approximate surface area is 219 Å². The van der Waals surface area contributed by atoms with E-state index >= 15 is 0 Å². The van der Waals surface area contributed by atoms with Crippen molar-refractivity contribution in [1.29, 1.82) is 0 Å². The SMILES string of the molecule is CCOC(=O)CCCC/C=C(\c1ccc(OCc2cccc(C3OCCCO3)c2)cc1)c1cccnc1. The third kappa shape index (κ3) is 8.27. The number of hydrogen-bond acceptors (Lipinski definition) is 6. The number of carbonyl (C=O) groups excluding carboxylic acids is 1. The van der Waals surface area contributed by atoms with Gasteiger partial charge in [0.05, 0.1) is 19.8 Å². The number of carbonyl (C=O) groups is 1. The van der Waals surface area contributed by atoms with E-state index in [9.17, 15) is 4.79 Å². The number of nitrogens with zero attached hydrogens (tertiary/aromatic N) is 1. The van der Waals surface area contributed by atoms with Crippen LogP contribution in [0.5, 0.6) is 5.75 Å². The average molecular weight is 502 g/mol. The zero-order chi connectivity index (χ0) is 25.7. The van der Waals surface area contributed by atoms with Crippen LogP contribution in [0.1, 0.15) is 67.6 Å². The number of esters is 1. The van der Waals surface area contributed by atoms with Crippen molar-refractivity contribution in [2.45, 2.75) is 51.9 Å². The van der Waals surface area contributed by atoms with E-state index in [1.807, 2.05) is 49.5 Å². The molecule has 0 unspecified atom stereocenters. The van der Waals surface area contributed by atoms with Crippen molar-refractivity contribution in [2.24, 2.45) is 0 Å². The molecule has 1 saturated heterocycles. The fraction of sp³-hybridized carbons (Fsp3) is 0.355. The molecule has 1 fully saturated rings. The van der Waals surface area contributed by atoms with Gasteiger partial charge in [-0.15, -0.1) is 0 Å². The molecule has 6 nitrogen and oxygen atoms in total. The highest BCUT2D eigenvalue weighted by molar-refractivity contribution is 5.79. The second kappa shape index (κ2) is 14.3. The van der Waals surface area contributed by atoms with Gasteiger partial charge in [-0.25, -0.2) is 0 Å². The molecule has 194 valence electrons. The molecule has 2 aromatic carbocycles. The molecule has 37 heavy (non-hydrogen) atoms. The van der Waals surface area contributed by atoms with E-state index in [1.165, 1.54) is 0 Å². The fourth-order valence-corrected chi connectivity index (χ4v) is 4.22. The molecule has 1 aliphatic heterocycles. The van der Waals surface area contributed by atoms with Gasteiger partial charge in [0.1, 0.15) is 12.4 Å². The fourth-order valence-electron chi connectivity index (χ4n) is 4.22. The highest BCUT2D eigenvalue weighted by atomic mass is 16.7. The first-order valence-electron chi connectivity index (χ1n) is 13.0. The number of pyridine rings is 1. The zero-order valence-corrected chi connectivity index (χ0v) is 21.4. The molecule has 0 N–H and O–H groups in total. The number of unbranched alkanes of at least 4 members (excludes halogenated alkanes) is 2. The number of benzene rings is 2. The second-order valence-corrected chi connectivity index (χ2v) is 8.90. The first kappa shape index (κ1) is 26.6. The smallest absolute Gasteiger partial charge is 0.305 e. The van der Waals surface area contributed by atoms with Crippen LogP contribution in [0, 0.1) is 0 Å². The molecule has 0 aliphatic carbocycles. The molecule has 4 rings (SSSR count). The molecule has 1 aliphatic rings. The first-order valence-corrected chi connectivity index (χ1v) is 13.0. The summed E-state index contributed by atoms with van der Waals surface area (Å²) in [5, 5.41) is 0. The summed E-state index contributed by atoms with van der Waals surface area (Å²) in [6, 6.07) is 20.3. The average Bonchev–Trinajstić information content (AvgIpc) is 2.95. The minimum absolute atomic E-state index is 0.128. The highest BCUT2D eigenvalue weighted by Gasteiger charge is 2.16. The first-order chi connectivity index (χ1) is 18.2. The van der Waals surface area contributed by atoms with E-state index in [0.717, 1.165) is 72.5 Å². The normalized spacial score (nSPS) is 14.4. The Bertz CT molecular complexity index is 1140. The molecule has 0 amide bonds. The van der Waals surface area contributed by atoms with Gasteiger partial charge in [0.25, 0.3) is 0 Å². The molecule has 2 heterocycles. The van der Waals surface area contributed by atoms with Crippen LogP contribution in [0.3, 0.4) is 0 Å². The summed E-state index contributed by atoms with van der Waals surface area (Å²) in [5.41, 5.74) is 5.36. The van der Waals surface area contributed by atoms with Gasteiger partial charge in [0.2, 0.25) is 0 Å². The molecule has 0 atom stereocenters. The van der Waals surface area contributed by atoms with Gasteiger partial charge in [-0.3, -0.25) is 9.78 Å². The zero-order valence-electron chi connectivity index (χ0n) is 21.4. The summed E-state index contributed by atoms with van der Waals surface area (Å²) < 4.78 is 22.5. The number of rotatable bonds is 12. The monoisotopic (exact) mass is 501 g/mol. The van der Waals surface area contributed by atoms with Gasteiger partial charge in [-0.05, 0) is 73.6 Å². The lowest BCUT2D eigenvalue weighted by Gasteiger charge is -2.23. The lowest BCUT2D eigenvalue weighted by molar-refractivity contribution is -0.183. The summed E-state index contributed by atoms with van der Waals surface area (Å²) in [5.74, 6) is 0.677. The maximum absolute atomic E-state index is 11.6. The molecular formula is C31H35NO5. The molecular weight excluding hydrogens is 466 g/mol. The molecule has 0 radical (unpaired) electrons. The Kier molecular flexibility index (Phi) is 10.3. The maximum Gasteiger partial charge on any atom is 0.305 e. The minimum Gasteiger partial charge on any atom is -0.489 e. The van der Waals surface area contributed by atoms with E-state index in [4.69, 9.17) is 18.9 Å². The number of allylic oxidation sites excluding steroid dienone is 1. The Morgan fingerprint density at radius 2 is 1.86 bits per heavy atom. The van der Waals surface area contributed by atoms with E-state index in [0.29, 0.717) is 19.6 Å². The molecule has 1 aromatic heterocycles. The van der Waals surface area contributed by atoms with Crippen molar-refractivity contribution < 1.29 is 23.7 Å². The topological polar surface area (TPSA) is 66.9 Å². The number of hydrogen-bond donors (Lipinski definition) is 0. The summed E-state index contributed by atoms with van der Waals surface area (Å²) in [6.07, 6.45) is 9.56. The van der Waals surface area contributed by atoms with Crippen LogP contribution in [-0.2, 0) is 25.6 Å². The Morgan fingerprint density at radius 1 is 1.03 bits per heavy atom. The third-order valence-corrected chi connectivity index (χ3v) is 6.08. The van der Waals surface area contributed by atoms with Crippen LogP contribution in [0.2, 0.25) is 0 Å². The second-order valence-electron chi connectivity index (χ2n) is 8.90. The third-order valence-electron chi connectivity index (χ3n) is 6.08. The summed E-state index contributed by atoms with van der Waals surface area (Å²) in [4.78, 5) is 15.9. The van der Waals surface area contributed by atoms with Crippen LogP contribution >= 0.6 is 0 Å². The summed E-state index contributed by atoms with van der Waals surface area (Å²) in [7, 11) is 0. The molecule has 0 saturated carbocycles. The maximum atomic E-state index is 11.6. The van der Waals surface area contributed by atoms with Crippen LogP contribution in [0.4, 0.5) is 0 Å². The quantitative estimate of drug-likeness (QED) is 0.204. The van der Waals surface area contributed by atoms with Gasteiger partial charge < -0.3 is 18.9 Å². The summed E-state index contributed by atoms with van der Waals surface area (Å²) >= 11 is 0. The van der Waals surface area contributed by atoms with Crippen molar-refractivity contribution in [3.63, 3.8) is 0 Å². The van der Waals surface area contributed by atoms with Gasteiger partial charge in [0.15, 0.2) is 6.29 Å². The van der Waals surface area contributed by atoms with Crippen molar-refractivity contribution in [3.05, 3.63) is 101 Å². The predicted molar refractivity (Wildman–Crippen MR) is 143 cm³/mol. The van der Waals surface area contributed by atoms with E-state index in [1.54, 1.807) is 6.20 Å². The standard InChI is InChI=1S/C31H35NO5/c1-2-34-30(33)13-5-3-4-12-29(27-11-7-18-32-22-27)25-14-16-28(17-15-25)37-23-24-9-6-10-26(21-24)31-35-19-8-20-36-31/h6-7,9-12,14-18,21-22,31H,2-5,8,13,19-20,23H2,1H3/b29-12+. The Morgan fingerprint density at radius 3 is 2.62 bits per heavy atom. The predicted octanol–water partition coefficient (Wildman–Crippen LogP) is 6.65. The van der Waals surface area contributed by atoms with E-state index < -0.39 is 0 Å². The van der Waals surface area contributed by atoms with Crippen LogP contribution < -0.4 is 4.74 Å². The molecule has 6 heteroatoms. The van der Waals surface area contributed by atoms with Gasteiger partial charge in [-0.1, -0.05) is 42.5 Å². The van der Waals surface area contributed by atoms with Gasteiger partial charge in [-0.2, -0.15) is 0 Å². The Balaban J connectivity index is 1.37. The van der Waals surface area contributed by atoms with Crippen LogP contribution in [0.25, 0.3) is 5.57 Å². The lowest BCUT2D eigenvalue weighted by atomic mass is 9.97. The van der Waals surface area contributed by atoms with Crippen molar-refractivity contribution in [2.75, 3.05) is 19.8 Å². The van der Waals surface area contributed by atoms with Crippen LogP contribution in [-0.4, -0.2) is 30.8 Å². The molecule has 0 bridgehead atoms. The van der Waals surface area contributed by atoms with E-state index in [2.05, 4.69) is 35.3 Å². The highest BCUT2D eigenvalue weighted by Crippen LogP contribution is 2.27. The van der Waals surface area contributed by atoms with Gasteiger partial charge >= 0.3 is 5.97 Å². The number of ether oxygens (including phenoxy) is 4. The molecule has 3 aromatic rings. The largest absolute Gasteiger partial charge is 0.489 e. The van der Waals surface area contributed by atoms with Crippen molar-refractivity contribution in [3.8, 4) is 5.75 Å². The Hall–Kier alpha value is -3.48. The van der Waals surface area contributed by atoms with E-state index in [-0.39, 0.29) is 12.3 Å². The number of aromatic nitrogens is 1. The summed E-state index contributed by atoms with van der Waals surface area (Å²) in [6.45, 7) is 4.17. The minimum atomic E-state index is -0.296. The molecule has 0 spiro atoms. The van der Waals surface area contributed by atoms with Crippen LogP contribution in [0.15, 0.2) is 79.1 Å².